The molecule has 0 aromatic carbocycles. The Hall–Kier alpha value is -0.790. The number of oxime groups is 1. The summed E-state index contributed by atoms with van der Waals surface area (Å²) < 4.78 is 0. The summed E-state index contributed by atoms with van der Waals surface area (Å²) in [7, 11) is 0. The second-order valence-corrected chi connectivity index (χ2v) is 1.10. The number of allylic oxidation sites excluding steroid dienone is 2. The van der Waals surface area contributed by atoms with Crippen LogP contribution >= 0.6 is 0 Å². The van der Waals surface area contributed by atoms with Gasteiger partial charge in [-0.3, -0.25) is 0 Å². The minimum atomic E-state index is 0.715. The second-order valence-electron chi connectivity index (χ2n) is 1.10. The molecular weight excluding hydrogens is 90.1 g/mol. The summed E-state index contributed by atoms with van der Waals surface area (Å²) in [6.07, 6.45) is 5.95. The molecule has 0 bridgehead atoms. The highest BCUT2D eigenvalue weighted by atomic mass is 16.4. The zero-order chi connectivity index (χ0) is 5.54. The van der Waals surface area contributed by atoms with Gasteiger partial charge in [0.2, 0.25) is 0 Å². The monoisotopic (exact) mass is 99.1 g/mol. The summed E-state index contributed by atoms with van der Waals surface area (Å²) in [4.78, 5) is 0. The molecule has 0 saturated heterocycles. The Morgan fingerprint density at radius 1 is 1.71 bits per heavy atom. The van der Waals surface area contributed by atoms with Gasteiger partial charge >= 0.3 is 0 Å². The molecule has 0 aliphatic carbocycles. The van der Waals surface area contributed by atoms with Crippen molar-refractivity contribution in [3.8, 4) is 0 Å². The lowest BCUT2D eigenvalue weighted by molar-refractivity contribution is 0.321. The van der Waals surface area contributed by atoms with E-state index in [-0.39, 0.29) is 0 Å². The van der Waals surface area contributed by atoms with Crippen molar-refractivity contribution in [3.05, 3.63) is 12.2 Å². The molecule has 0 aromatic heterocycles. The molecule has 40 valence electrons. The minimum Gasteiger partial charge on any atom is -0.411 e. The molecule has 0 saturated carbocycles. The lowest BCUT2D eigenvalue weighted by Gasteiger charge is -1.72. The van der Waals surface area contributed by atoms with Crippen molar-refractivity contribution in [2.45, 2.75) is 13.3 Å². The van der Waals surface area contributed by atoms with Crippen LogP contribution < -0.4 is 0 Å². The van der Waals surface area contributed by atoms with Gasteiger partial charge < -0.3 is 5.21 Å². The molecule has 0 atom stereocenters. The summed E-state index contributed by atoms with van der Waals surface area (Å²) in [5.74, 6) is 0. The van der Waals surface area contributed by atoms with E-state index in [9.17, 15) is 0 Å². The predicted molar refractivity (Wildman–Crippen MR) is 29.7 cm³/mol. The summed E-state index contributed by atoms with van der Waals surface area (Å²) in [6, 6.07) is 0. The van der Waals surface area contributed by atoms with Gasteiger partial charge in [-0.2, -0.15) is 0 Å². The fourth-order valence-corrected chi connectivity index (χ4v) is 0.244. The average molecular weight is 99.1 g/mol. The molecule has 0 aliphatic heterocycles. The van der Waals surface area contributed by atoms with E-state index in [1.54, 1.807) is 0 Å². The third-order valence-corrected chi connectivity index (χ3v) is 0.559. The molecule has 0 aromatic rings. The molecule has 7 heavy (non-hydrogen) atoms. The summed E-state index contributed by atoms with van der Waals surface area (Å²) in [5.41, 5.74) is 0. The summed E-state index contributed by atoms with van der Waals surface area (Å²) in [5, 5.41) is 10.6. The quantitative estimate of drug-likeness (QED) is 0.241. The normalized spacial score (nSPS) is 11.6. The van der Waals surface area contributed by atoms with E-state index >= 15 is 0 Å². The van der Waals surface area contributed by atoms with Crippen LogP contribution in [0.5, 0.6) is 0 Å². The first kappa shape index (κ1) is 6.21. The van der Waals surface area contributed by atoms with Crippen molar-refractivity contribution in [1.82, 2.24) is 0 Å². The first-order valence-electron chi connectivity index (χ1n) is 2.19. The van der Waals surface area contributed by atoms with E-state index in [0.717, 1.165) is 0 Å². The molecule has 0 heterocycles. The van der Waals surface area contributed by atoms with Gasteiger partial charge in [0.1, 0.15) is 0 Å². The van der Waals surface area contributed by atoms with Crippen molar-refractivity contribution in [1.29, 1.82) is 0 Å². The average Bonchev–Trinajstić information content (AvgIpc) is 1.69. The number of hydrogen-bond donors (Lipinski definition) is 1. The molecule has 1 N–H and O–H groups in total. The van der Waals surface area contributed by atoms with E-state index < -0.39 is 0 Å². The third-order valence-electron chi connectivity index (χ3n) is 0.559. The van der Waals surface area contributed by atoms with Gasteiger partial charge in [-0.05, 0) is 6.92 Å². The molecule has 0 amide bonds. The van der Waals surface area contributed by atoms with Crippen LogP contribution in [-0.2, 0) is 0 Å². The minimum absolute atomic E-state index is 0.715. The van der Waals surface area contributed by atoms with Crippen LogP contribution in [-0.4, -0.2) is 11.4 Å². The Labute approximate surface area is 43.2 Å². The van der Waals surface area contributed by atoms with Crippen molar-refractivity contribution in [2.24, 2.45) is 5.16 Å². The Balaban J connectivity index is 2.98. The standard InChI is InChI=1S/C5H9NO/c1-2-3-4-5-6-7/h2-3,5,7H,4H2,1H3/b3-2-,6-5?. The van der Waals surface area contributed by atoms with Crippen molar-refractivity contribution < 1.29 is 5.21 Å². The number of hydrogen-bond acceptors (Lipinski definition) is 2. The maximum atomic E-state index is 7.83. The fourth-order valence-electron chi connectivity index (χ4n) is 0.244. The fraction of sp³-hybridized carbons (Fsp3) is 0.400. The Morgan fingerprint density at radius 2 is 2.43 bits per heavy atom. The second kappa shape index (κ2) is 5.21. The highest BCUT2D eigenvalue weighted by Crippen LogP contribution is 1.74. The molecule has 0 aliphatic rings. The summed E-state index contributed by atoms with van der Waals surface area (Å²) >= 11 is 0. The van der Waals surface area contributed by atoms with Gasteiger partial charge in [-0.25, -0.2) is 0 Å². The van der Waals surface area contributed by atoms with E-state index in [2.05, 4.69) is 5.16 Å². The van der Waals surface area contributed by atoms with Gasteiger partial charge in [0.15, 0.2) is 0 Å². The summed E-state index contributed by atoms with van der Waals surface area (Å²) in [6.45, 7) is 1.92. The van der Waals surface area contributed by atoms with Crippen molar-refractivity contribution >= 4 is 6.21 Å². The first-order chi connectivity index (χ1) is 3.41. The highest BCUT2D eigenvalue weighted by Gasteiger charge is 1.64. The van der Waals surface area contributed by atoms with Crippen LogP contribution in [0.2, 0.25) is 0 Å². The maximum Gasteiger partial charge on any atom is 0.0473 e. The zero-order valence-corrected chi connectivity index (χ0v) is 4.33. The van der Waals surface area contributed by atoms with Crippen LogP contribution in [0.15, 0.2) is 17.3 Å². The number of nitrogens with zero attached hydrogens (tertiary/aromatic N) is 1. The van der Waals surface area contributed by atoms with Gasteiger partial charge in [-0.15, -0.1) is 5.16 Å². The Morgan fingerprint density at radius 3 is 2.86 bits per heavy atom. The van der Waals surface area contributed by atoms with Crippen molar-refractivity contribution in [3.63, 3.8) is 0 Å². The lowest BCUT2D eigenvalue weighted by atomic mass is 10.4. The largest absolute Gasteiger partial charge is 0.411 e. The third kappa shape index (κ3) is 5.21. The van der Waals surface area contributed by atoms with Gasteiger partial charge in [0.25, 0.3) is 0 Å². The van der Waals surface area contributed by atoms with Crippen LogP contribution in [0.3, 0.4) is 0 Å². The molecular formula is C5H9NO. The molecule has 2 heteroatoms. The van der Waals surface area contributed by atoms with Crippen LogP contribution in [0, 0.1) is 0 Å². The highest BCUT2D eigenvalue weighted by molar-refractivity contribution is 5.58. The SMILES string of the molecule is C/C=C\CC=NO. The van der Waals surface area contributed by atoms with Crippen LogP contribution in [0.4, 0.5) is 0 Å². The molecule has 0 spiro atoms. The molecule has 0 unspecified atom stereocenters. The Kier molecular flexibility index (Phi) is 4.62. The smallest absolute Gasteiger partial charge is 0.0473 e. The van der Waals surface area contributed by atoms with Crippen molar-refractivity contribution in [2.75, 3.05) is 0 Å². The van der Waals surface area contributed by atoms with Gasteiger partial charge in [0, 0.05) is 12.6 Å². The molecule has 0 rings (SSSR count). The maximum absolute atomic E-state index is 7.83. The number of rotatable bonds is 2. The predicted octanol–water partition coefficient (Wildman–Crippen LogP) is 1.41. The molecule has 0 radical (unpaired) electrons. The van der Waals surface area contributed by atoms with Crippen LogP contribution in [0.25, 0.3) is 0 Å². The van der Waals surface area contributed by atoms with E-state index in [4.69, 9.17) is 5.21 Å². The van der Waals surface area contributed by atoms with E-state index in [1.165, 1.54) is 6.21 Å². The first-order valence-corrected chi connectivity index (χ1v) is 2.19. The molecule has 2 nitrogen and oxygen atoms in total. The topological polar surface area (TPSA) is 32.6 Å². The lowest BCUT2D eigenvalue weighted by Crippen LogP contribution is -1.65. The zero-order valence-electron chi connectivity index (χ0n) is 4.33. The Bertz CT molecular complexity index is 66.1. The van der Waals surface area contributed by atoms with Gasteiger partial charge in [0.05, 0.1) is 0 Å². The van der Waals surface area contributed by atoms with E-state index in [0.29, 0.717) is 6.42 Å². The molecule has 0 fully saturated rings. The van der Waals surface area contributed by atoms with Crippen LogP contribution in [0.1, 0.15) is 13.3 Å². The van der Waals surface area contributed by atoms with E-state index in [1.807, 2.05) is 19.1 Å². The van der Waals surface area contributed by atoms with Gasteiger partial charge in [-0.1, -0.05) is 12.2 Å².